The van der Waals surface area contributed by atoms with Gasteiger partial charge < -0.3 is 10.6 Å². The Bertz CT molecular complexity index is 430. The Morgan fingerprint density at radius 1 is 1.33 bits per heavy atom. The lowest BCUT2D eigenvalue weighted by atomic mass is 10.2. The molecule has 0 spiro atoms. The van der Waals surface area contributed by atoms with Gasteiger partial charge in [-0.3, -0.25) is 9.69 Å². The molecule has 1 amide bonds. The lowest BCUT2D eigenvalue weighted by Crippen LogP contribution is -2.53. The van der Waals surface area contributed by atoms with E-state index in [0.29, 0.717) is 0 Å². The molecule has 1 fully saturated rings. The van der Waals surface area contributed by atoms with Crippen molar-refractivity contribution in [3.63, 3.8) is 0 Å². The lowest BCUT2D eigenvalue weighted by Gasteiger charge is -2.38. The van der Waals surface area contributed by atoms with Crippen LogP contribution in [0.4, 0.5) is 5.69 Å². The van der Waals surface area contributed by atoms with Crippen LogP contribution in [0.2, 0.25) is 5.02 Å². The van der Waals surface area contributed by atoms with Gasteiger partial charge in [-0.15, -0.1) is 0 Å². The first-order chi connectivity index (χ1) is 8.58. The van der Waals surface area contributed by atoms with Gasteiger partial charge in [0.2, 0.25) is 5.91 Å². The maximum atomic E-state index is 11.1. The molecule has 5 heteroatoms. The molecule has 0 bridgehead atoms. The number of amides is 1. The number of hydrogen-bond donors (Lipinski definition) is 1. The van der Waals surface area contributed by atoms with E-state index in [4.69, 9.17) is 17.3 Å². The number of carbonyl (C=O) groups excluding carboxylic acids is 1. The summed E-state index contributed by atoms with van der Waals surface area (Å²) in [5.74, 6) is -0.258. The maximum Gasteiger partial charge on any atom is 0.234 e. The number of primary amides is 1. The summed E-state index contributed by atoms with van der Waals surface area (Å²) in [6.07, 6.45) is 0. The quantitative estimate of drug-likeness (QED) is 0.899. The molecule has 1 saturated heterocycles. The summed E-state index contributed by atoms with van der Waals surface area (Å²) in [4.78, 5) is 15.5. The monoisotopic (exact) mass is 267 g/mol. The number of piperazine rings is 1. The highest BCUT2D eigenvalue weighted by Gasteiger charge is 2.24. The van der Waals surface area contributed by atoms with Gasteiger partial charge >= 0.3 is 0 Å². The Morgan fingerprint density at radius 3 is 2.56 bits per heavy atom. The van der Waals surface area contributed by atoms with E-state index in [1.165, 1.54) is 0 Å². The minimum Gasteiger partial charge on any atom is -0.369 e. The molecule has 0 aromatic heterocycles. The van der Waals surface area contributed by atoms with Gasteiger partial charge in [0.15, 0.2) is 0 Å². The van der Waals surface area contributed by atoms with Gasteiger partial charge in [-0.2, -0.15) is 0 Å². The Kier molecular flexibility index (Phi) is 4.09. The van der Waals surface area contributed by atoms with Crippen molar-refractivity contribution in [2.24, 2.45) is 5.73 Å². The van der Waals surface area contributed by atoms with Gasteiger partial charge in [0.25, 0.3) is 0 Å². The van der Waals surface area contributed by atoms with Crippen LogP contribution in [0, 0.1) is 0 Å². The smallest absolute Gasteiger partial charge is 0.234 e. The van der Waals surface area contributed by atoms with E-state index in [0.717, 1.165) is 36.9 Å². The Balaban J connectivity index is 1.96. The van der Waals surface area contributed by atoms with E-state index < -0.39 is 0 Å². The third-order valence-corrected chi connectivity index (χ3v) is 3.68. The molecule has 0 unspecified atom stereocenters. The van der Waals surface area contributed by atoms with Crippen LogP contribution >= 0.6 is 11.6 Å². The normalized spacial score (nSPS) is 18.7. The lowest BCUT2D eigenvalue weighted by molar-refractivity contribution is -0.122. The fourth-order valence-electron chi connectivity index (χ4n) is 2.22. The molecule has 98 valence electrons. The molecule has 1 aliphatic heterocycles. The molecule has 4 nitrogen and oxygen atoms in total. The summed E-state index contributed by atoms with van der Waals surface area (Å²) in [6.45, 7) is 5.32. The predicted octanol–water partition coefficient (Wildman–Crippen LogP) is 1.34. The van der Waals surface area contributed by atoms with E-state index in [-0.39, 0.29) is 11.9 Å². The molecule has 2 rings (SSSR count). The van der Waals surface area contributed by atoms with E-state index >= 15 is 0 Å². The molecular weight excluding hydrogens is 250 g/mol. The third-order valence-electron chi connectivity index (χ3n) is 3.45. The zero-order valence-electron chi connectivity index (χ0n) is 10.5. The number of anilines is 1. The van der Waals surface area contributed by atoms with E-state index in [9.17, 15) is 4.79 Å². The van der Waals surface area contributed by atoms with E-state index in [1.807, 2.05) is 25.1 Å². The zero-order chi connectivity index (χ0) is 13.1. The van der Waals surface area contributed by atoms with Crippen LogP contribution in [-0.4, -0.2) is 43.0 Å². The Hall–Kier alpha value is -1.26. The van der Waals surface area contributed by atoms with Crippen molar-refractivity contribution in [2.75, 3.05) is 31.1 Å². The molecule has 1 heterocycles. The molecule has 1 atom stereocenters. The highest BCUT2D eigenvalue weighted by molar-refractivity contribution is 6.30. The van der Waals surface area contributed by atoms with Crippen LogP contribution in [-0.2, 0) is 4.79 Å². The minimum atomic E-state index is -0.258. The van der Waals surface area contributed by atoms with Gasteiger partial charge in [-0.05, 0) is 25.1 Å². The molecule has 1 aromatic rings. The predicted molar refractivity (Wildman–Crippen MR) is 73.9 cm³/mol. The summed E-state index contributed by atoms with van der Waals surface area (Å²) in [6, 6.07) is 7.66. The van der Waals surface area contributed by atoms with Crippen molar-refractivity contribution in [3.8, 4) is 0 Å². The minimum absolute atomic E-state index is 0.188. The number of benzene rings is 1. The van der Waals surface area contributed by atoms with Crippen molar-refractivity contribution < 1.29 is 4.79 Å². The summed E-state index contributed by atoms with van der Waals surface area (Å²) < 4.78 is 0. The van der Waals surface area contributed by atoms with Gasteiger partial charge in [-0.25, -0.2) is 0 Å². The summed E-state index contributed by atoms with van der Waals surface area (Å²) >= 11 is 5.99. The highest BCUT2D eigenvalue weighted by atomic mass is 35.5. The SMILES string of the molecule is C[C@@H](C(N)=O)N1CCN(c2cccc(Cl)c2)CC1. The molecule has 2 N–H and O–H groups in total. The average Bonchev–Trinajstić information content (AvgIpc) is 2.38. The van der Waals surface area contributed by atoms with Crippen molar-refractivity contribution in [2.45, 2.75) is 13.0 Å². The molecule has 1 aliphatic rings. The fraction of sp³-hybridized carbons (Fsp3) is 0.462. The van der Waals surface area contributed by atoms with Crippen LogP contribution in [0.25, 0.3) is 0 Å². The van der Waals surface area contributed by atoms with Crippen molar-refractivity contribution in [1.82, 2.24) is 4.90 Å². The van der Waals surface area contributed by atoms with Gasteiger partial charge in [0.1, 0.15) is 0 Å². The average molecular weight is 268 g/mol. The molecule has 0 aliphatic carbocycles. The van der Waals surface area contributed by atoms with E-state index in [1.54, 1.807) is 0 Å². The van der Waals surface area contributed by atoms with Gasteiger partial charge in [0.05, 0.1) is 6.04 Å². The second kappa shape index (κ2) is 5.59. The maximum absolute atomic E-state index is 11.1. The van der Waals surface area contributed by atoms with Crippen molar-refractivity contribution >= 4 is 23.2 Å². The molecule has 1 aromatic carbocycles. The number of rotatable bonds is 3. The molecule has 18 heavy (non-hydrogen) atoms. The topological polar surface area (TPSA) is 49.6 Å². The van der Waals surface area contributed by atoms with Crippen molar-refractivity contribution in [1.29, 1.82) is 0 Å². The zero-order valence-corrected chi connectivity index (χ0v) is 11.2. The molecule has 0 saturated carbocycles. The second-order valence-electron chi connectivity index (χ2n) is 4.58. The largest absolute Gasteiger partial charge is 0.369 e. The molecular formula is C13H18ClN3O. The Morgan fingerprint density at radius 2 is 2.00 bits per heavy atom. The fourth-order valence-corrected chi connectivity index (χ4v) is 2.40. The Labute approximate surface area is 112 Å². The standard InChI is InChI=1S/C13H18ClN3O/c1-10(13(15)18)16-5-7-17(8-6-16)12-4-2-3-11(14)9-12/h2-4,9-10H,5-8H2,1H3,(H2,15,18)/t10-/m0/s1. The number of nitrogens with zero attached hydrogens (tertiary/aromatic N) is 2. The van der Waals surface area contributed by atoms with Crippen LogP contribution in [0.1, 0.15) is 6.92 Å². The summed E-state index contributed by atoms with van der Waals surface area (Å²) in [7, 11) is 0. The summed E-state index contributed by atoms with van der Waals surface area (Å²) in [5.41, 5.74) is 6.45. The number of hydrogen-bond acceptors (Lipinski definition) is 3. The third kappa shape index (κ3) is 2.94. The van der Waals surface area contributed by atoms with Crippen LogP contribution < -0.4 is 10.6 Å². The molecule has 0 radical (unpaired) electrons. The first-order valence-corrected chi connectivity index (χ1v) is 6.49. The van der Waals surface area contributed by atoms with Gasteiger partial charge in [0, 0.05) is 36.9 Å². The highest BCUT2D eigenvalue weighted by Crippen LogP contribution is 2.21. The number of carbonyl (C=O) groups is 1. The first-order valence-electron chi connectivity index (χ1n) is 6.12. The number of halogens is 1. The summed E-state index contributed by atoms with van der Waals surface area (Å²) in [5, 5.41) is 0.750. The van der Waals surface area contributed by atoms with Crippen LogP contribution in [0.15, 0.2) is 24.3 Å². The van der Waals surface area contributed by atoms with Crippen molar-refractivity contribution in [3.05, 3.63) is 29.3 Å². The van der Waals surface area contributed by atoms with Crippen LogP contribution in [0.3, 0.4) is 0 Å². The van der Waals surface area contributed by atoms with E-state index in [2.05, 4.69) is 15.9 Å². The number of nitrogens with two attached hydrogens (primary N) is 1. The van der Waals surface area contributed by atoms with Crippen LogP contribution in [0.5, 0.6) is 0 Å². The first kappa shape index (κ1) is 13.2. The second-order valence-corrected chi connectivity index (χ2v) is 5.02. The van der Waals surface area contributed by atoms with Gasteiger partial charge in [-0.1, -0.05) is 17.7 Å².